The molecule has 1 N–H and O–H groups in total. The van der Waals surface area contributed by atoms with E-state index in [0.717, 1.165) is 30.9 Å². The number of anilines is 1. The zero-order valence-corrected chi connectivity index (χ0v) is 16.8. The summed E-state index contributed by atoms with van der Waals surface area (Å²) >= 11 is 0. The van der Waals surface area contributed by atoms with Crippen LogP contribution in [0.1, 0.15) is 42.7 Å². The second-order valence-corrected chi connectivity index (χ2v) is 6.88. The van der Waals surface area contributed by atoms with E-state index in [2.05, 4.69) is 32.1 Å². The number of rotatable bonds is 6. The number of pyridine rings is 1. The smallest absolute Gasteiger partial charge is 0.318 e. The lowest BCUT2D eigenvalue weighted by Crippen LogP contribution is -2.49. The SMILES string of the molecule is CCOc1ncccc1C(=O)NC1CCN(c2cc(C)nc(OC)n2)C(C)C1. The van der Waals surface area contributed by atoms with Gasteiger partial charge in [0.2, 0.25) is 5.88 Å². The largest absolute Gasteiger partial charge is 0.477 e. The predicted molar refractivity (Wildman–Crippen MR) is 106 cm³/mol. The van der Waals surface area contributed by atoms with Crippen LogP contribution in [-0.4, -0.2) is 53.2 Å². The fourth-order valence-corrected chi connectivity index (χ4v) is 3.49. The molecule has 0 aliphatic carbocycles. The third-order valence-corrected chi connectivity index (χ3v) is 4.81. The van der Waals surface area contributed by atoms with Gasteiger partial charge < -0.3 is 19.7 Å². The first kappa shape index (κ1) is 19.9. The second kappa shape index (κ2) is 8.86. The molecule has 8 nitrogen and oxygen atoms in total. The average Bonchev–Trinajstić information content (AvgIpc) is 2.68. The van der Waals surface area contributed by atoms with Crippen molar-refractivity contribution < 1.29 is 14.3 Å². The standard InChI is InChI=1S/C20H27N5O3/c1-5-28-19-16(7-6-9-21-19)18(26)23-15-8-10-25(14(3)12-15)17-11-13(2)22-20(24-17)27-4/h6-7,9,11,14-15H,5,8,10,12H2,1-4H3,(H,23,26). The molecule has 1 fully saturated rings. The number of amides is 1. The molecule has 2 atom stereocenters. The number of carbonyl (C=O) groups excluding carboxylic acids is 1. The Hall–Kier alpha value is -2.90. The van der Waals surface area contributed by atoms with Gasteiger partial charge in [0, 0.05) is 36.6 Å². The van der Waals surface area contributed by atoms with Crippen LogP contribution in [0.25, 0.3) is 0 Å². The number of carbonyl (C=O) groups is 1. The van der Waals surface area contributed by atoms with Crippen molar-refractivity contribution in [3.8, 4) is 11.9 Å². The van der Waals surface area contributed by atoms with Crippen molar-refractivity contribution in [1.82, 2.24) is 20.3 Å². The summed E-state index contributed by atoms with van der Waals surface area (Å²) in [5.74, 6) is 1.07. The van der Waals surface area contributed by atoms with Gasteiger partial charge in [0.25, 0.3) is 5.91 Å². The number of aryl methyl sites for hydroxylation is 1. The minimum absolute atomic E-state index is 0.0817. The normalized spacial score (nSPS) is 19.2. The van der Waals surface area contributed by atoms with Crippen molar-refractivity contribution in [3.05, 3.63) is 35.7 Å². The zero-order valence-electron chi connectivity index (χ0n) is 16.8. The Morgan fingerprint density at radius 1 is 1.39 bits per heavy atom. The highest BCUT2D eigenvalue weighted by atomic mass is 16.5. The van der Waals surface area contributed by atoms with Crippen LogP contribution in [0.5, 0.6) is 11.9 Å². The molecular weight excluding hydrogens is 358 g/mol. The van der Waals surface area contributed by atoms with Gasteiger partial charge in [0.1, 0.15) is 11.4 Å². The highest BCUT2D eigenvalue weighted by molar-refractivity contribution is 5.96. The molecule has 1 amide bonds. The molecule has 3 heterocycles. The van der Waals surface area contributed by atoms with E-state index in [-0.39, 0.29) is 18.0 Å². The molecule has 0 radical (unpaired) electrons. The summed E-state index contributed by atoms with van der Waals surface area (Å²) in [6, 6.07) is 6.12. The maximum absolute atomic E-state index is 12.7. The van der Waals surface area contributed by atoms with Crippen LogP contribution in [0.3, 0.4) is 0 Å². The van der Waals surface area contributed by atoms with Crippen LogP contribution in [0, 0.1) is 6.92 Å². The molecule has 1 aliphatic heterocycles. The van der Waals surface area contributed by atoms with E-state index in [0.29, 0.717) is 24.1 Å². The number of nitrogens with zero attached hydrogens (tertiary/aromatic N) is 4. The summed E-state index contributed by atoms with van der Waals surface area (Å²) in [6.07, 6.45) is 3.27. The fourth-order valence-electron chi connectivity index (χ4n) is 3.49. The average molecular weight is 385 g/mol. The van der Waals surface area contributed by atoms with Crippen LogP contribution in [0.15, 0.2) is 24.4 Å². The van der Waals surface area contributed by atoms with Gasteiger partial charge in [-0.2, -0.15) is 4.98 Å². The maximum atomic E-state index is 12.7. The summed E-state index contributed by atoms with van der Waals surface area (Å²) in [4.78, 5) is 27.8. The van der Waals surface area contributed by atoms with Crippen molar-refractivity contribution in [2.75, 3.05) is 25.2 Å². The minimum Gasteiger partial charge on any atom is -0.477 e. The van der Waals surface area contributed by atoms with Crippen molar-refractivity contribution >= 4 is 11.7 Å². The second-order valence-electron chi connectivity index (χ2n) is 6.88. The molecule has 1 aliphatic rings. The molecule has 2 aromatic heterocycles. The molecule has 0 saturated carbocycles. The van der Waals surface area contributed by atoms with Crippen molar-refractivity contribution in [2.45, 2.75) is 45.7 Å². The van der Waals surface area contributed by atoms with Gasteiger partial charge in [-0.25, -0.2) is 9.97 Å². The Labute approximate surface area is 165 Å². The van der Waals surface area contributed by atoms with Crippen LogP contribution in [0.4, 0.5) is 5.82 Å². The fraction of sp³-hybridized carbons (Fsp3) is 0.500. The molecular formula is C20H27N5O3. The third kappa shape index (κ3) is 4.49. The number of hydrogen-bond acceptors (Lipinski definition) is 7. The Kier molecular flexibility index (Phi) is 6.28. The van der Waals surface area contributed by atoms with E-state index in [1.54, 1.807) is 25.4 Å². The van der Waals surface area contributed by atoms with Crippen LogP contribution >= 0.6 is 0 Å². The molecule has 2 aromatic rings. The number of piperidine rings is 1. The maximum Gasteiger partial charge on any atom is 0.318 e. The minimum atomic E-state index is -0.151. The Balaban J connectivity index is 1.66. The number of hydrogen-bond donors (Lipinski definition) is 1. The topological polar surface area (TPSA) is 89.5 Å². The van der Waals surface area contributed by atoms with Crippen LogP contribution in [-0.2, 0) is 0 Å². The highest BCUT2D eigenvalue weighted by Crippen LogP contribution is 2.25. The van der Waals surface area contributed by atoms with E-state index in [1.165, 1.54) is 0 Å². The highest BCUT2D eigenvalue weighted by Gasteiger charge is 2.28. The quantitative estimate of drug-likeness (QED) is 0.816. The van der Waals surface area contributed by atoms with E-state index in [1.807, 2.05) is 19.9 Å². The number of ether oxygens (including phenoxy) is 2. The van der Waals surface area contributed by atoms with Gasteiger partial charge in [0.05, 0.1) is 13.7 Å². The Bertz CT molecular complexity index is 829. The summed E-state index contributed by atoms with van der Waals surface area (Å²) in [5, 5.41) is 3.13. The summed E-state index contributed by atoms with van der Waals surface area (Å²) < 4.78 is 10.7. The van der Waals surface area contributed by atoms with E-state index in [4.69, 9.17) is 9.47 Å². The van der Waals surface area contributed by atoms with Gasteiger partial charge in [-0.15, -0.1) is 0 Å². The van der Waals surface area contributed by atoms with Crippen molar-refractivity contribution in [2.24, 2.45) is 0 Å². The molecule has 2 unspecified atom stereocenters. The molecule has 150 valence electrons. The Morgan fingerprint density at radius 2 is 2.21 bits per heavy atom. The van der Waals surface area contributed by atoms with Crippen LogP contribution in [0.2, 0.25) is 0 Å². The molecule has 1 saturated heterocycles. The summed E-state index contributed by atoms with van der Waals surface area (Å²) in [7, 11) is 1.57. The third-order valence-electron chi connectivity index (χ3n) is 4.81. The first-order valence-electron chi connectivity index (χ1n) is 9.56. The lowest BCUT2D eigenvalue weighted by atomic mass is 9.97. The number of methoxy groups -OCH3 is 1. The molecule has 8 heteroatoms. The van der Waals surface area contributed by atoms with E-state index >= 15 is 0 Å². The van der Waals surface area contributed by atoms with Gasteiger partial charge in [-0.3, -0.25) is 4.79 Å². The molecule has 3 rings (SSSR count). The molecule has 0 bridgehead atoms. The van der Waals surface area contributed by atoms with E-state index in [9.17, 15) is 4.79 Å². The van der Waals surface area contributed by atoms with Gasteiger partial charge in [-0.05, 0) is 45.7 Å². The van der Waals surface area contributed by atoms with Gasteiger partial charge in [-0.1, -0.05) is 0 Å². The first-order chi connectivity index (χ1) is 13.5. The predicted octanol–water partition coefficient (Wildman–Crippen LogP) is 2.37. The summed E-state index contributed by atoms with van der Waals surface area (Å²) in [5.41, 5.74) is 1.33. The van der Waals surface area contributed by atoms with E-state index < -0.39 is 0 Å². The van der Waals surface area contributed by atoms with Gasteiger partial charge in [0.15, 0.2) is 0 Å². The van der Waals surface area contributed by atoms with Crippen molar-refractivity contribution in [3.63, 3.8) is 0 Å². The summed E-state index contributed by atoms with van der Waals surface area (Å²) in [6.45, 7) is 7.19. The molecule has 28 heavy (non-hydrogen) atoms. The zero-order chi connectivity index (χ0) is 20.1. The molecule has 0 aromatic carbocycles. The van der Waals surface area contributed by atoms with Gasteiger partial charge >= 0.3 is 6.01 Å². The van der Waals surface area contributed by atoms with Crippen LogP contribution < -0.4 is 19.7 Å². The monoisotopic (exact) mass is 385 g/mol. The van der Waals surface area contributed by atoms with Crippen molar-refractivity contribution in [1.29, 1.82) is 0 Å². The number of nitrogens with one attached hydrogen (secondary N) is 1. The Morgan fingerprint density at radius 3 is 2.93 bits per heavy atom. The lowest BCUT2D eigenvalue weighted by molar-refractivity contribution is 0.0923. The first-order valence-corrected chi connectivity index (χ1v) is 9.56. The number of aromatic nitrogens is 3. The lowest BCUT2D eigenvalue weighted by Gasteiger charge is -2.38. The molecule has 0 spiro atoms.